The van der Waals surface area contributed by atoms with E-state index in [1.165, 1.54) is 0 Å². The molecule has 6 nitrogen and oxygen atoms in total. The molecule has 1 aliphatic rings. The van der Waals surface area contributed by atoms with Gasteiger partial charge in [0.1, 0.15) is 0 Å². The van der Waals surface area contributed by atoms with Gasteiger partial charge in [-0.15, -0.1) is 0 Å². The van der Waals surface area contributed by atoms with Crippen LogP contribution in [0, 0.1) is 0 Å². The quantitative estimate of drug-likeness (QED) is 0.576. The Balaban J connectivity index is 0.000000264. The number of benzene rings is 2. The van der Waals surface area contributed by atoms with Crippen molar-refractivity contribution >= 4 is 23.0 Å². The first-order valence-corrected chi connectivity index (χ1v) is 8.62. The van der Waals surface area contributed by atoms with Crippen LogP contribution in [0.4, 0.5) is 17.1 Å². The molecule has 0 unspecified atom stereocenters. The third kappa shape index (κ3) is 6.58. The normalized spacial score (nSPS) is 11.9. The maximum absolute atomic E-state index is 11.6. The minimum atomic E-state index is 0. The zero-order chi connectivity index (χ0) is 18.8. The van der Waals surface area contributed by atoms with Gasteiger partial charge >= 0.3 is 0 Å². The Kier molecular flexibility index (Phi) is 9.93. The lowest BCUT2D eigenvalue weighted by atomic mass is 10.2. The van der Waals surface area contributed by atoms with Gasteiger partial charge in [-0.1, -0.05) is 37.8 Å². The van der Waals surface area contributed by atoms with Crippen LogP contribution < -0.4 is 16.0 Å². The van der Waals surface area contributed by atoms with Crippen molar-refractivity contribution in [3.05, 3.63) is 54.1 Å². The predicted octanol–water partition coefficient (Wildman–Crippen LogP) is 3.19. The Morgan fingerprint density at radius 3 is 2.41 bits per heavy atom. The lowest BCUT2D eigenvalue weighted by Crippen LogP contribution is -2.30. The zero-order valence-electron chi connectivity index (χ0n) is 15.4. The van der Waals surface area contributed by atoms with Gasteiger partial charge in [0.05, 0.1) is 31.0 Å². The summed E-state index contributed by atoms with van der Waals surface area (Å²) in [5.41, 5.74) is 9.59. The second-order valence-electron chi connectivity index (χ2n) is 5.85. The van der Waals surface area contributed by atoms with Gasteiger partial charge in [0.2, 0.25) is 5.91 Å². The van der Waals surface area contributed by atoms with E-state index in [-0.39, 0.29) is 13.3 Å². The van der Waals surface area contributed by atoms with Crippen molar-refractivity contribution in [1.29, 1.82) is 0 Å². The third-order valence-corrected chi connectivity index (χ3v) is 4.03. The van der Waals surface area contributed by atoms with Gasteiger partial charge in [-0.05, 0) is 23.8 Å². The topological polar surface area (TPSA) is 76.8 Å². The molecule has 148 valence electrons. The lowest BCUT2D eigenvalue weighted by Gasteiger charge is -2.16. The molecule has 0 atom stereocenters. The Bertz CT molecular complexity index is 707. The number of carbonyl (C=O) groups excluding carboxylic acids is 1. The minimum Gasteiger partial charge on any atom is -0.397 e. The van der Waals surface area contributed by atoms with Gasteiger partial charge in [0, 0.05) is 33.0 Å². The average Bonchev–Trinajstić information content (AvgIpc) is 2.97. The van der Waals surface area contributed by atoms with Gasteiger partial charge in [-0.3, -0.25) is 4.79 Å². The SMILES string of the molecule is C.COCCN1C(=O)Cc2ccccc21.COCCNc1ccccc1N. The molecule has 0 spiro atoms. The minimum absolute atomic E-state index is 0. The molecule has 0 fully saturated rings. The number of hydrogen-bond acceptors (Lipinski definition) is 5. The molecule has 6 heteroatoms. The van der Waals surface area contributed by atoms with E-state index >= 15 is 0 Å². The summed E-state index contributed by atoms with van der Waals surface area (Å²) < 4.78 is 9.87. The first kappa shape index (κ1) is 22.5. The maximum Gasteiger partial charge on any atom is 0.231 e. The highest BCUT2D eigenvalue weighted by Gasteiger charge is 2.25. The van der Waals surface area contributed by atoms with Gasteiger partial charge in [-0.25, -0.2) is 0 Å². The molecular formula is C21H31N3O3. The number of nitrogens with two attached hydrogens (primary N) is 1. The molecule has 2 aromatic rings. The van der Waals surface area contributed by atoms with E-state index in [9.17, 15) is 4.79 Å². The zero-order valence-corrected chi connectivity index (χ0v) is 15.4. The van der Waals surface area contributed by atoms with Crippen LogP contribution in [-0.2, 0) is 20.7 Å². The summed E-state index contributed by atoms with van der Waals surface area (Å²) in [4.78, 5) is 13.4. The molecule has 0 radical (unpaired) electrons. The fraction of sp³-hybridized carbons (Fsp3) is 0.381. The molecule has 1 heterocycles. The van der Waals surface area contributed by atoms with Crippen LogP contribution in [0.5, 0.6) is 0 Å². The molecule has 2 aromatic carbocycles. The van der Waals surface area contributed by atoms with E-state index in [4.69, 9.17) is 15.2 Å². The number of amides is 1. The second kappa shape index (κ2) is 11.9. The average molecular weight is 373 g/mol. The summed E-state index contributed by atoms with van der Waals surface area (Å²) in [6, 6.07) is 15.6. The highest BCUT2D eigenvalue weighted by atomic mass is 16.5. The van der Waals surface area contributed by atoms with Crippen LogP contribution in [0.1, 0.15) is 13.0 Å². The number of nitrogens with zero attached hydrogens (tertiary/aromatic N) is 1. The lowest BCUT2D eigenvalue weighted by molar-refractivity contribution is -0.117. The van der Waals surface area contributed by atoms with Gasteiger partial charge in [-0.2, -0.15) is 0 Å². The summed E-state index contributed by atoms with van der Waals surface area (Å²) in [5, 5.41) is 3.16. The standard InChI is InChI=1S/C11H13NO2.C9H14N2O.CH4/c1-14-7-6-12-10-5-3-2-4-9(10)8-11(12)13;1-12-7-6-11-9-5-3-2-4-8(9)10;/h2-5H,6-8H2,1H3;2-5,11H,6-7,10H2,1H3;1H4. The molecule has 0 saturated heterocycles. The number of nitrogen functional groups attached to an aromatic ring is 1. The number of anilines is 3. The van der Waals surface area contributed by atoms with Crippen molar-refractivity contribution < 1.29 is 14.3 Å². The number of carbonyl (C=O) groups is 1. The predicted molar refractivity (Wildman–Crippen MR) is 112 cm³/mol. The maximum atomic E-state index is 11.6. The number of methoxy groups -OCH3 is 2. The summed E-state index contributed by atoms with van der Waals surface area (Å²) in [6.45, 7) is 2.70. The fourth-order valence-electron chi connectivity index (χ4n) is 2.69. The van der Waals surface area contributed by atoms with Gasteiger partial charge in [0.25, 0.3) is 0 Å². The highest BCUT2D eigenvalue weighted by Crippen LogP contribution is 2.27. The van der Waals surface area contributed by atoms with Crippen LogP contribution in [0.3, 0.4) is 0 Å². The molecule has 0 aromatic heterocycles. The third-order valence-electron chi connectivity index (χ3n) is 4.03. The van der Waals surface area contributed by atoms with E-state index in [1.54, 1.807) is 19.1 Å². The first-order valence-electron chi connectivity index (χ1n) is 8.62. The number of para-hydroxylation sites is 3. The van der Waals surface area contributed by atoms with Crippen LogP contribution in [0.2, 0.25) is 0 Å². The van der Waals surface area contributed by atoms with E-state index in [1.807, 2.05) is 48.5 Å². The van der Waals surface area contributed by atoms with Crippen molar-refractivity contribution in [3.8, 4) is 0 Å². The van der Waals surface area contributed by atoms with Crippen LogP contribution in [0.15, 0.2) is 48.5 Å². The summed E-state index contributed by atoms with van der Waals surface area (Å²) in [6.07, 6.45) is 0.528. The number of fused-ring (bicyclic) bond motifs is 1. The number of rotatable bonds is 7. The van der Waals surface area contributed by atoms with E-state index in [2.05, 4.69) is 5.32 Å². The van der Waals surface area contributed by atoms with Crippen molar-refractivity contribution in [3.63, 3.8) is 0 Å². The fourth-order valence-corrected chi connectivity index (χ4v) is 2.69. The number of nitrogens with one attached hydrogen (secondary N) is 1. The molecule has 0 bridgehead atoms. The smallest absolute Gasteiger partial charge is 0.231 e. The Morgan fingerprint density at radius 2 is 1.70 bits per heavy atom. The number of ether oxygens (including phenoxy) is 2. The summed E-state index contributed by atoms with van der Waals surface area (Å²) >= 11 is 0. The summed E-state index contributed by atoms with van der Waals surface area (Å²) in [5.74, 6) is 0.170. The van der Waals surface area contributed by atoms with Crippen molar-refractivity contribution in [2.75, 3.05) is 56.5 Å². The monoisotopic (exact) mass is 373 g/mol. The molecule has 1 aliphatic heterocycles. The first-order chi connectivity index (χ1) is 12.7. The van der Waals surface area contributed by atoms with Gasteiger partial charge in [0.15, 0.2) is 0 Å². The Morgan fingerprint density at radius 1 is 1.04 bits per heavy atom. The Labute approximate surface area is 162 Å². The van der Waals surface area contributed by atoms with Crippen LogP contribution in [-0.4, -0.2) is 46.4 Å². The van der Waals surface area contributed by atoms with E-state index in [0.29, 0.717) is 26.2 Å². The Hall–Kier alpha value is -2.57. The number of hydrogen-bond donors (Lipinski definition) is 2. The second-order valence-corrected chi connectivity index (χ2v) is 5.85. The van der Waals surface area contributed by atoms with Crippen molar-refractivity contribution in [2.24, 2.45) is 0 Å². The van der Waals surface area contributed by atoms with E-state index < -0.39 is 0 Å². The van der Waals surface area contributed by atoms with Crippen LogP contribution in [0.25, 0.3) is 0 Å². The molecule has 1 amide bonds. The molecule has 3 N–H and O–H groups in total. The highest BCUT2D eigenvalue weighted by molar-refractivity contribution is 6.01. The van der Waals surface area contributed by atoms with Crippen molar-refractivity contribution in [2.45, 2.75) is 13.8 Å². The molecule has 0 aliphatic carbocycles. The van der Waals surface area contributed by atoms with E-state index in [0.717, 1.165) is 29.2 Å². The molecule has 27 heavy (non-hydrogen) atoms. The summed E-state index contributed by atoms with van der Waals surface area (Å²) in [7, 11) is 3.32. The van der Waals surface area contributed by atoms with Crippen LogP contribution >= 0.6 is 0 Å². The molecular weight excluding hydrogens is 342 g/mol. The van der Waals surface area contributed by atoms with Crippen molar-refractivity contribution in [1.82, 2.24) is 0 Å². The largest absolute Gasteiger partial charge is 0.397 e. The van der Waals surface area contributed by atoms with Gasteiger partial charge < -0.3 is 25.4 Å². The molecule has 3 rings (SSSR count). The molecule has 0 saturated carbocycles.